The van der Waals surface area contributed by atoms with Crippen molar-refractivity contribution in [3.8, 4) is 12.3 Å². The second-order valence-corrected chi connectivity index (χ2v) is 4.39. The van der Waals surface area contributed by atoms with Crippen LogP contribution in [-0.2, 0) is 4.74 Å². The molecule has 0 bridgehead atoms. The molecule has 92 valence electrons. The van der Waals surface area contributed by atoms with Crippen LogP contribution in [0.2, 0.25) is 0 Å². The Bertz CT molecular complexity index is 635. The lowest BCUT2D eigenvalue weighted by Gasteiger charge is -2.03. The Morgan fingerprint density at radius 3 is 2.47 bits per heavy atom. The summed E-state index contributed by atoms with van der Waals surface area (Å²) in [5, 5.41) is 0. The fourth-order valence-electron chi connectivity index (χ4n) is 2.09. The van der Waals surface area contributed by atoms with E-state index in [1.807, 2.05) is 42.5 Å². The summed E-state index contributed by atoms with van der Waals surface area (Å²) in [5.41, 5.74) is 3.01. The minimum Gasteiger partial charge on any atom is -0.475 e. The smallest absolute Gasteiger partial charge is 0.216 e. The Morgan fingerprint density at radius 1 is 1.05 bits per heavy atom. The van der Waals surface area contributed by atoms with Gasteiger partial charge in [-0.25, -0.2) is 4.99 Å². The zero-order chi connectivity index (χ0) is 13.1. The Morgan fingerprint density at radius 2 is 1.79 bits per heavy atom. The van der Waals surface area contributed by atoms with Crippen molar-refractivity contribution < 1.29 is 4.74 Å². The van der Waals surface area contributed by atoms with Crippen LogP contribution in [0.3, 0.4) is 0 Å². The molecule has 1 atom stereocenters. The molecular formula is C17H13NO. The number of benzene rings is 2. The third-order valence-electron chi connectivity index (χ3n) is 3.13. The van der Waals surface area contributed by atoms with Gasteiger partial charge < -0.3 is 4.74 Å². The average Bonchev–Trinajstić information content (AvgIpc) is 2.98. The zero-order valence-electron chi connectivity index (χ0n) is 10.4. The molecule has 0 spiro atoms. The standard InChI is InChI=1S/C17H13NO/c1-2-13-8-10-15(11-9-13)17-18-16(12-19-17)14-6-4-3-5-7-14/h1,3-11,16H,12H2/t16-/m1/s1. The van der Waals surface area contributed by atoms with Crippen LogP contribution < -0.4 is 0 Å². The summed E-state index contributed by atoms with van der Waals surface area (Å²) in [5.74, 6) is 3.29. The fourth-order valence-corrected chi connectivity index (χ4v) is 2.09. The normalized spacial score (nSPS) is 17.4. The fraction of sp³-hybridized carbons (Fsp3) is 0.118. The molecule has 19 heavy (non-hydrogen) atoms. The molecule has 0 aromatic heterocycles. The maximum Gasteiger partial charge on any atom is 0.216 e. The highest BCUT2D eigenvalue weighted by atomic mass is 16.5. The summed E-state index contributed by atoms with van der Waals surface area (Å²) in [6.07, 6.45) is 5.34. The molecule has 2 nitrogen and oxygen atoms in total. The predicted molar refractivity (Wildman–Crippen MR) is 76.0 cm³/mol. The van der Waals surface area contributed by atoms with Gasteiger partial charge in [0.05, 0.1) is 0 Å². The SMILES string of the molecule is C#Cc1ccc(C2=N[C@@H](c3ccccc3)CO2)cc1. The second-order valence-electron chi connectivity index (χ2n) is 4.39. The van der Waals surface area contributed by atoms with Gasteiger partial charge in [0.25, 0.3) is 0 Å². The van der Waals surface area contributed by atoms with Gasteiger partial charge in [0.2, 0.25) is 5.90 Å². The van der Waals surface area contributed by atoms with Crippen LogP contribution >= 0.6 is 0 Å². The van der Waals surface area contributed by atoms with Crippen LogP contribution in [0.5, 0.6) is 0 Å². The highest BCUT2D eigenvalue weighted by Crippen LogP contribution is 2.24. The van der Waals surface area contributed by atoms with Gasteiger partial charge in [0.1, 0.15) is 12.6 Å². The van der Waals surface area contributed by atoms with E-state index in [1.165, 1.54) is 5.56 Å². The first-order chi connectivity index (χ1) is 9.36. The number of ether oxygens (including phenoxy) is 1. The van der Waals surface area contributed by atoms with Crippen molar-refractivity contribution in [2.24, 2.45) is 4.99 Å². The van der Waals surface area contributed by atoms with Gasteiger partial charge in [-0.1, -0.05) is 36.3 Å². The summed E-state index contributed by atoms with van der Waals surface area (Å²) < 4.78 is 5.68. The van der Waals surface area contributed by atoms with Crippen LogP contribution in [-0.4, -0.2) is 12.5 Å². The monoisotopic (exact) mass is 247 g/mol. The zero-order valence-corrected chi connectivity index (χ0v) is 10.4. The molecule has 2 aromatic rings. The number of aliphatic imine (C=N–C) groups is 1. The third-order valence-corrected chi connectivity index (χ3v) is 3.13. The minimum atomic E-state index is 0.0866. The lowest BCUT2D eigenvalue weighted by atomic mass is 10.1. The summed E-state index contributed by atoms with van der Waals surface area (Å²) in [7, 11) is 0. The van der Waals surface area contributed by atoms with E-state index in [9.17, 15) is 0 Å². The highest BCUT2D eigenvalue weighted by Gasteiger charge is 2.21. The maximum atomic E-state index is 5.68. The molecular weight excluding hydrogens is 234 g/mol. The number of hydrogen-bond acceptors (Lipinski definition) is 2. The van der Waals surface area contributed by atoms with E-state index in [-0.39, 0.29) is 6.04 Å². The van der Waals surface area contributed by atoms with E-state index in [1.54, 1.807) is 0 Å². The first kappa shape index (κ1) is 11.6. The molecule has 0 saturated heterocycles. The van der Waals surface area contributed by atoms with Crippen molar-refractivity contribution in [2.45, 2.75) is 6.04 Å². The van der Waals surface area contributed by atoms with Crippen LogP contribution in [0.25, 0.3) is 0 Å². The van der Waals surface area contributed by atoms with Crippen molar-refractivity contribution >= 4 is 5.90 Å². The number of rotatable bonds is 2. The number of terminal acetylenes is 1. The Kier molecular flexibility index (Phi) is 3.04. The largest absolute Gasteiger partial charge is 0.475 e. The van der Waals surface area contributed by atoms with E-state index in [0.717, 1.165) is 11.1 Å². The van der Waals surface area contributed by atoms with Crippen LogP contribution in [0.4, 0.5) is 0 Å². The molecule has 0 unspecified atom stereocenters. The van der Waals surface area contributed by atoms with Crippen molar-refractivity contribution in [1.29, 1.82) is 0 Å². The van der Waals surface area contributed by atoms with E-state index in [0.29, 0.717) is 12.5 Å². The molecule has 0 aliphatic carbocycles. The van der Waals surface area contributed by atoms with Crippen molar-refractivity contribution in [3.05, 3.63) is 71.3 Å². The lowest BCUT2D eigenvalue weighted by Crippen LogP contribution is -2.01. The molecule has 0 radical (unpaired) electrons. The number of nitrogens with zero attached hydrogens (tertiary/aromatic N) is 1. The molecule has 0 fully saturated rings. The van der Waals surface area contributed by atoms with Gasteiger partial charge in [0, 0.05) is 11.1 Å². The first-order valence-electron chi connectivity index (χ1n) is 6.19. The van der Waals surface area contributed by atoms with Crippen LogP contribution in [0.15, 0.2) is 59.6 Å². The lowest BCUT2D eigenvalue weighted by molar-refractivity contribution is 0.320. The van der Waals surface area contributed by atoms with Crippen molar-refractivity contribution in [1.82, 2.24) is 0 Å². The molecule has 0 N–H and O–H groups in total. The summed E-state index contributed by atoms with van der Waals surface area (Å²) in [4.78, 5) is 4.63. The van der Waals surface area contributed by atoms with Crippen LogP contribution in [0, 0.1) is 12.3 Å². The topological polar surface area (TPSA) is 21.6 Å². The average molecular weight is 247 g/mol. The van der Waals surface area contributed by atoms with Gasteiger partial charge in [-0.15, -0.1) is 6.42 Å². The van der Waals surface area contributed by atoms with Crippen molar-refractivity contribution in [2.75, 3.05) is 6.61 Å². The summed E-state index contributed by atoms with van der Waals surface area (Å²) >= 11 is 0. The van der Waals surface area contributed by atoms with Gasteiger partial charge in [-0.2, -0.15) is 0 Å². The molecule has 2 heteroatoms. The van der Waals surface area contributed by atoms with Gasteiger partial charge in [0.15, 0.2) is 0 Å². The predicted octanol–water partition coefficient (Wildman–Crippen LogP) is 3.19. The Hall–Kier alpha value is -2.53. The van der Waals surface area contributed by atoms with E-state index in [2.05, 4.69) is 23.0 Å². The molecule has 0 saturated carbocycles. The number of hydrogen-bond donors (Lipinski definition) is 0. The minimum absolute atomic E-state index is 0.0866. The van der Waals surface area contributed by atoms with Crippen molar-refractivity contribution in [3.63, 3.8) is 0 Å². The Labute approximate surface area is 112 Å². The third kappa shape index (κ3) is 2.36. The van der Waals surface area contributed by atoms with E-state index in [4.69, 9.17) is 11.2 Å². The summed E-state index contributed by atoms with van der Waals surface area (Å²) in [6, 6.07) is 18.0. The summed E-state index contributed by atoms with van der Waals surface area (Å²) in [6.45, 7) is 0.593. The highest BCUT2D eigenvalue weighted by molar-refractivity contribution is 5.95. The first-order valence-corrected chi connectivity index (χ1v) is 6.19. The van der Waals surface area contributed by atoms with Gasteiger partial charge >= 0.3 is 0 Å². The molecule has 1 aliphatic heterocycles. The maximum absolute atomic E-state index is 5.68. The van der Waals surface area contributed by atoms with Crippen LogP contribution in [0.1, 0.15) is 22.7 Å². The van der Waals surface area contributed by atoms with E-state index >= 15 is 0 Å². The molecule has 0 amide bonds. The van der Waals surface area contributed by atoms with E-state index < -0.39 is 0 Å². The quantitative estimate of drug-likeness (QED) is 0.747. The Balaban J connectivity index is 1.85. The second kappa shape index (κ2) is 4.99. The molecule has 1 heterocycles. The molecule has 2 aromatic carbocycles. The molecule has 3 rings (SSSR count). The molecule has 1 aliphatic rings. The van der Waals surface area contributed by atoms with Gasteiger partial charge in [-0.3, -0.25) is 0 Å². The van der Waals surface area contributed by atoms with Gasteiger partial charge in [-0.05, 0) is 29.8 Å².